The molecular weight excluding hydrogens is 271 g/mol. The Hall–Kier alpha value is -1.27. The van der Waals surface area contributed by atoms with E-state index in [1.165, 1.54) is 12.1 Å². The molecule has 0 amide bonds. The fourth-order valence-corrected chi connectivity index (χ4v) is 1.58. The molecule has 20 heavy (non-hydrogen) atoms. The Morgan fingerprint density at radius 3 is 2.30 bits per heavy atom. The predicted molar refractivity (Wildman–Crippen MR) is 71.9 cm³/mol. The number of benzene rings is 1. The molecular formula is C14H20F3NO2. The van der Waals surface area contributed by atoms with Gasteiger partial charge in [0.1, 0.15) is 0 Å². The molecule has 1 aromatic rings. The van der Waals surface area contributed by atoms with Gasteiger partial charge in [-0.05, 0) is 37.1 Å². The number of hydrogen-bond donors (Lipinski definition) is 1. The molecule has 0 unspecified atom stereocenters. The van der Waals surface area contributed by atoms with Gasteiger partial charge in [0.15, 0.2) is 0 Å². The fraction of sp³-hybridized carbons (Fsp3) is 0.571. The van der Waals surface area contributed by atoms with Crippen LogP contribution in [0.2, 0.25) is 0 Å². The second kappa shape index (κ2) is 8.81. The molecule has 0 saturated carbocycles. The van der Waals surface area contributed by atoms with Crippen LogP contribution in [-0.2, 0) is 15.7 Å². The molecule has 3 nitrogen and oxygen atoms in total. The van der Waals surface area contributed by atoms with Crippen molar-refractivity contribution in [3.63, 3.8) is 0 Å². The van der Waals surface area contributed by atoms with Crippen molar-refractivity contribution in [2.75, 3.05) is 38.8 Å². The number of anilines is 1. The van der Waals surface area contributed by atoms with Gasteiger partial charge in [0.25, 0.3) is 0 Å². The van der Waals surface area contributed by atoms with E-state index >= 15 is 0 Å². The maximum Gasteiger partial charge on any atom is 0.416 e. The van der Waals surface area contributed by atoms with Crippen molar-refractivity contribution in [2.45, 2.75) is 19.0 Å². The van der Waals surface area contributed by atoms with Crippen molar-refractivity contribution in [3.8, 4) is 0 Å². The summed E-state index contributed by atoms with van der Waals surface area (Å²) in [6, 6.07) is 5.04. The number of unbranched alkanes of at least 4 members (excludes halogenated alkanes) is 1. The molecule has 0 aliphatic carbocycles. The standard InChI is InChI=1S/C14H20F3NO2/c1-19-10-11-20-9-3-2-8-18-13-6-4-12(5-7-13)14(15,16)17/h4-7,18H,2-3,8-11H2,1H3. The third kappa shape index (κ3) is 6.77. The summed E-state index contributed by atoms with van der Waals surface area (Å²) in [5.74, 6) is 0. The molecule has 0 aromatic heterocycles. The summed E-state index contributed by atoms with van der Waals surface area (Å²) < 4.78 is 47.2. The highest BCUT2D eigenvalue weighted by Crippen LogP contribution is 2.29. The molecule has 0 atom stereocenters. The quantitative estimate of drug-likeness (QED) is 0.706. The lowest BCUT2D eigenvalue weighted by molar-refractivity contribution is -0.137. The van der Waals surface area contributed by atoms with Gasteiger partial charge in [0, 0.05) is 25.9 Å². The second-order valence-electron chi connectivity index (χ2n) is 4.31. The van der Waals surface area contributed by atoms with Gasteiger partial charge in [0.2, 0.25) is 0 Å². The first kappa shape index (κ1) is 16.8. The highest BCUT2D eigenvalue weighted by Gasteiger charge is 2.29. The van der Waals surface area contributed by atoms with E-state index in [1.54, 1.807) is 7.11 Å². The summed E-state index contributed by atoms with van der Waals surface area (Å²) >= 11 is 0. The number of nitrogens with one attached hydrogen (secondary N) is 1. The van der Waals surface area contributed by atoms with Gasteiger partial charge < -0.3 is 14.8 Å². The Kier molecular flexibility index (Phi) is 7.40. The summed E-state index contributed by atoms with van der Waals surface area (Å²) in [6.45, 7) is 2.55. The van der Waals surface area contributed by atoms with Crippen LogP contribution in [0, 0.1) is 0 Å². The van der Waals surface area contributed by atoms with E-state index < -0.39 is 11.7 Å². The predicted octanol–water partition coefficient (Wildman–Crippen LogP) is 3.56. The summed E-state index contributed by atoms with van der Waals surface area (Å²) in [6.07, 6.45) is -2.48. The number of hydrogen-bond acceptors (Lipinski definition) is 3. The van der Waals surface area contributed by atoms with Crippen molar-refractivity contribution >= 4 is 5.69 Å². The van der Waals surface area contributed by atoms with E-state index in [9.17, 15) is 13.2 Å². The number of halogens is 3. The van der Waals surface area contributed by atoms with Crippen molar-refractivity contribution in [1.82, 2.24) is 0 Å². The van der Waals surface area contributed by atoms with Gasteiger partial charge >= 0.3 is 6.18 Å². The first-order valence-electron chi connectivity index (χ1n) is 6.52. The molecule has 0 bridgehead atoms. The molecule has 0 saturated heterocycles. The van der Waals surface area contributed by atoms with E-state index in [0.29, 0.717) is 32.1 Å². The molecule has 0 heterocycles. The molecule has 0 aliphatic heterocycles. The fourth-order valence-electron chi connectivity index (χ4n) is 1.58. The van der Waals surface area contributed by atoms with E-state index in [4.69, 9.17) is 9.47 Å². The Balaban J connectivity index is 2.13. The highest BCUT2D eigenvalue weighted by molar-refractivity contribution is 5.44. The maximum atomic E-state index is 12.4. The SMILES string of the molecule is COCCOCCCCNc1ccc(C(F)(F)F)cc1. The lowest BCUT2D eigenvalue weighted by atomic mass is 10.2. The van der Waals surface area contributed by atoms with Crippen molar-refractivity contribution in [2.24, 2.45) is 0 Å². The molecule has 1 N–H and O–H groups in total. The van der Waals surface area contributed by atoms with Gasteiger partial charge in [-0.15, -0.1) is 0 Å². The lowest BCUT2D eigenvalue weighted by Gasteiger charge is -2.09. The van der Waals surface area contributed by atoms with Crippen LogP contribution < -0.4 is 5.32 Å². The van der Waals surface area contributed by atoms with E-state index in [2.05, 4.69) is 5.32 Å². The van der Waals surface area contributed by atoms with Gasteiger partial charge in [-0.1, -0.05) is 0 Å². The zero-order valence-corrected chi connectivity index (χ0v) is 11.5. The zero-order valence-electron chi connectivity index (χ0n) is 11.5. The summed E-state index contributed by atoms with van der Waals surface area (Å²) in [5, 5.41) is 3.08. The van der Waals surface area contributed by atoms with Crippen LogP contribution in [0.4, 0.5) is 18.9 Å². The summed E-state index contributed by atoms with van der Waals surface area (Å²) in [4.78, 5) is 0. The third-order valence-corrected chi connectivity index (χ3v) is 2.69. The van der Waals surface area contributed by atoms with Gasteiger partial charge in [-0.2, -0.15) is 13.2 Å². The molecule has 6 heteroatoms. The topological polar surface area (TPSA) is 30.5 Å². The molecule has 0 aliphatic rings. The van der Waals surface area contributed by atoms with Crippen molar-refractivity contribution in [1.29, 1.82) is 0 Å². The summed E-state index contributed by atoms with van der Waals surface area (Å²) in [7, 11) is 1.62. The largest absolute Gasteiger partial charge is 0.416 e. The van der Waals surface area contributed by atoms with Crippen molar-refractivity contribution < 1.29 is 22.6 Å². The lowest BCUT2D eigenvalue weighted by Crippen LogP contribution is -2.07. The number of rotatable bonds is 9. The van der Waals surface area contributed by atoms with Crippen molar-refractivity contribution in [3.05, 3.63) is 29.8 Å². The number of ether oxygens (including phenoxy) is 2. The van der Waals surface area contributed by atoms with Crippen LogP contribution in [-0.4, -0.2) is 33.5 Å². The Morgan fingerprint density at radius 2 is 1.70 bits per heavy atom. The molecule has 114 valence electrons. The molecule has 1 aromatic carbocycles. The Labute approximate surface area is 117 Å². The van der Waals surface area contributed by atoms with E-state index in [1.807, 2.05) is 0 Å². The second-order valence-corrected chi connectivity index (χ2v) is 4.31. The Morgan fingerprint density at radius 1 is 1.00 bits per heavy atom. The smallest absolute Gasteiger partial charge is 0.385 e. The minimum Gasteiger partial charge on any atom is -0.385 e. The number of methoxy groups -OCH3 is 1. The van der Waals surface area contributed by atoms with E-state index in [-0.39, 0.29) is 0 Å². The van der Waals surface area contributed by atoms with Gasteiger partial charge in [0.05, 0.1) is 18.8 Å². The average Bonchev–Trinajstić information content (AvgIpc) is 2.41. The van der Waals surface area contributed by atoms with Crippen LogP contribution in [0.15, 0.2) is 24.3 Å². The number of alkyl halides is 3. The minimum absolute atomic E-state index is 0.586. The van der Waals surface area contributed by atoms with Crippen LogP contribution >= 0.6 is 0 Å². The van der Waals surface area contributed by atoms with Crippen LogP contribution in [0.5, 0.6) is 0 Å². The normalized spacial score (nSPS) is 11.6. The van der Waals surface area contributed by atoms with Gasteiger partial charge in [-0.3, -0.25) is 0 Å². The van der Waals surface area contributed by atoms with Crippen LogP contribution in [0.1, 0.15) is 18.4 Å². The third-order valence-electron chi connectivity index (χ3n) is 2.69. The first-order valence-corrected chi connectivity index (χ1v) is 6.52. The minimum atomic E-state index is -4.28. The Bertz CT molecular complexity index is 366. The monoisotopic (exact) mass is 291 g/mol. The van der Waals surface area contributed by atoms with Gasteiger partial charge in [-0.25, -0.2) is 0 Å². The molecule has 1 rings (SSSR count). The zero-order chi connectivity index (χ0) is 14.8. The maximum absolute atomic E-state index is 12.4. The molecule has 0 radical (unpaired) electrons. The van der Waals surface area contributed by atoms with E-state index in [0.717, 1.165) is 25.0 Å². The molecule has 0 spiro atoms. The average molecular weight is 291 g/mol. The first-order chi connectivity index (χ1) is 9.54. The molecule has 0 fully saturated rings. The highest BCUT2D eigenvalue weighted by atomic mass is 19.4. The van der Waals surface area contributed by atoms with Crippen LogP contribution in [0.25, 0.3) is 0 Å². The van der Waals surface area contributed by atoms with Crippen LogP contribution in [0.3, 0.4) is 0 Å². The summed E-state index contributed by atoms with van der Waals surface area (Å²) in [5.41, 5.74) is 0.0629.